The molecule has 1 atom stereocenters. The monoisotopic (exact) mass is 318 g/mol. The number of carbonyl (C=O) groups excluding carboxylic acids is 1. The average Bonchev–Trinajstić information content (AvgIpc) is 2.55. The highest BCUT2D eigenvalue weighted by Crippen LogP contribution is 2.22. The first kappa shape index (κ1) is 16.4. The SMILES string of the molecule is CC[C@H](Oc1ccccc1)C(=O)Nc1ccc(F)c([N+](=O)[O-])c1. The number of ether oxygens (including phenoxy) is 1. The number of halogens is 1. The first-order chi connectivity index (χ1) is 11.0. The van der Waals surface area contributed by atoms with Gasteiger partial charge in [-0.05, 0) is 30.7 Å². The Morgan fingerprint density at radius 2 is 2.00 bits per heavy atom. The van der Waals surface area contributed by atoms with Gasteiger partial charge in [-0.25, -0.2) is 0 Å². The lowest BCUT2D eigenvalue weighted by molar-refractivity contribution is -0.387. The molecule has 23 heavy (non-hydrogen) atoms. The van der Waals surface area contributed by atoms with Crippen LogP contribution in [0.1, 0.15) is 13.3 Å². The van der Waals surface area contributed by atoms with Crippen LogP contribution in [0.25, 0.3) is 0 Å². The number of nitrogens with zero attached hydrogens (tertiary/aromatic N) is 1. The van der Waals surface area contributed by atoms with E-state index in [9.17, 15) is 19.3 Å². The molecule has 0 radical (unpaired) electrons. The number of benzene rings is 2. The molecule has 7 heteroatoms. The molecule has 0 saturated heterocycles. The molecule has 0 heterocycles. The number of nitro benzene ring substituents is 1. The number of carbonyl (C=O) groups is 1. The summed E-state index contributed by atoms with van der Waals surface area (Å²) >= 11 is 0. The number of hydrogen-bond acceptors (Lipinski definition) is 4. The van der Waals surface area contributed by atoms with Gasteiger partial charge in [0.15, 0.2) is 6.10 Å². The van der Waals surface area contributed by atoms with Crippen LogP contribution in [0.2, 0.25) is 0 Å². The van der Waals surface area contributed by atoms with Gasteiger partial charge in [-0.15, -0.1) is 0 Å². The van der Waals surface area contributed by atoms with Crippen molar-refractivity contribution in [3.8, 4) is 5.75 Å². The Morgan fingerprint density at radius 1 is 1.30 bits per heavy atom. The third kappa shape index (κ3) is 4.26. The second-order valence-corrected chi connectivity index (χ2v) is 4.74. The van der Waals surface area contributed by atoms with Gasteiger partial charge in [-0.3, -0.25) is 14.9 Å². The zero-order valence-electron chi connectivity index (χ0n) is 12.4. The van der Waals surface area contributed by atoms with Crippen LogP contribution in [0.5, 0.6) is 5.75 Å². The van der Waals surface area contributed by atoms with E-state index in [-0.39, 0.29) is 5.69 Å². The number of hydrogen-bond donors (Lipinski definition) is 1. The number of rotatable bonds is 6. The topological polar surface area (TPSA) is 81.5 Å². The van der Waals surface area contributed by atoms with Gasteiger partial charge in [-0.2, -0.15) is 4.39 Å². The molecule has 0 aliphatic rings. The van der Waals surface area contributed by atoms with E-state index in [1.807, 2.05) is 6.07 Å². The lowest BCUT2D eigenvalue weighted by Gasteiger charge is -2.17. The zero-order valence-corrected chi connectivity index (χ0v) is 12.4. The van der Waals surface area contributed by atoms with Gasteiger partial charge in [0.1, 0.15) is 5.75 Å². The van der Waals surface area contributed by atoms with Crippen LogP contribution >= 0.6 is 0 Å². The largest absolute Gasteiger partial charge is 0.481 e. The lowest BCUT2D eigenvalue weighted by Crippen LogP contribution is -2.32. The van der Waals surface area contributed by atoms with E-state index < -0.39 is 28.4 Å². The van der Waals surface area contributed by atoms with Crippen molar-refractivity contribution in [1.82, 2.24) is 0 Å². The molecule has 0 bridgehead atoms. The van der Waals surface area contributed by atoms with Crippen LogP contribution in [0.4, 0.5) is 15.8 Å². The van der Waals surface area contributed by atoms with Gasteiger partial charge in [-0.1, -0.05) is 25.1 Å². The second kappa shape index (κ2) is 7.35. The van der Waals surface area contributed by atoms with Crippen LogP contribution in [-0.4, -0.2) is 16.9 Å². The van der Waals surface area contributed by atoms with Gasteiger partial charge in [0, 0.05) is 11.8 Å². The molecule has 0 saturated carbocycles. The van der Waals surface area contributed by atoms with E-state index >= 15 is 0 Å². The fraction of sp³-hybridized carbons (Fsp3) is 0.188. The molecule has 0 aromatic heterocycles. The van der Waals surface area contributed by atoms with Gasteiger partial charge in [0.25, 0.3) is 5.91 Å². The van der Waals surface area contributed by atoms with E-state index in [4.69, 9.17) is 4.74 Å². The van der Waals surface area contributed by atoms with Crippen molar-refractivity contribution in [2.45, 2.75) is 19.4 Å². The fourth-order valence-electron chi connectivity index (χ4n) is 1.94. The molecule has 0 unspecified atom stereocenters. The fourth-order valence-corrected chi connectivity index (χ4v) is 1.94. The maximum atomic E-state index is 13.3. The Labute approximate surface area is 132 Å². The molecular weight excluding hydrogens is 303 g/mol. The van der Waals surface area contributed by atoms with Crippen LogP contribution in [0, 0.1) is 15.9 Å². The average molecular weight is 318 g/mol. The summed E-state index contributed by atoms with van der Waals surface area (Å²) in [6, 6.07) is 12.0. The summed E-state index contributed by atoms with van der Waals surface area (Å²) in [5, 5.41) is 13.2. The summed E-state index contributed by atoms with van der Waals surface area (Å²) < 4.78 is 18.9. The minimum atomic E-state index is -0.958. The molecular formula is C16H15FN2O4. The van der Waals surface area contributed by atoms with E-state index in [0.29, 0.717) is 12.2 Å². The van der Waals surface area contributed by atoms with Gasteiger partial charge in [0.05, 0.1) is 4.92 Å². The molecule has 2 aromatic carbocycles. The maximum Gasteiger partial charge on any atom is 0.306 e. The van der Waals surface area contributed by atoms with Crippen molar-refractivity contribution in [1.29, 1.82) is 0 Å². The smallest absolute Gasteiger partial charge is 0.306 e. The van der Waals surface area contributed by atoms with Crippen molar-refractivity contribution in [2.75, 3.05) is 5.32 Å². The summed E-state index contributed by atoms with van der Waals surface area (Å²) in [6.07, 6.45) is -0.356. The van der Waals surface area contributed by atoms with Crippen LogP contribution < -0.4 is 10.1 Å². The quantitative estimate of drug-likeness (QED) is 0.652. The standard InChI is InChI=1S/C16H15FN2O4/c1-2-15(23-12-6-4-3-5-7-12)16(20)18-11-8-9-13(17)14(10-11)19(21)22/h3-10,15H,2H2,1H3,(H,18,20)/t15-/m0/s1. The zero-order chi connectivity index (χ0) is 16.8. The Bertz CT molecular complexity index is 706. The third-order valence-corrected chi connectivity index (χ3v) is 3.10. The summed E-state index contributed by atoms with van der Waals surface area (Å²) in [4.78, 5) is 22.1. The van der Waals surface area contributed by atoms with Crippen molar-refractivity contribution in [3.05, 3.63) is 64.5 Å². The summed E-state index contributed by atoms with van der Waals surface area (Å²) in [5.41, 5.74) is -0.557. The van der Waals surface area contributed by atoms with Gasteiger partial charge < -0.3 is 10.1 Å². The van der Waals surface area contributed by atoms with Gasteiger partial charge in [0.2, 0.25) is 5.82 Å². The molecule has 0 fully saturated rings. The summed E-state index contributed by atoms with van der Waals surface area (Å²) in [7, 11) is 0. The molecule has 2 rings (SSSR count). The number of nitrogens with one attached hydrogen (secondary N) is 1. The normalized spacial score (nSPS) is 11.6. The molecule has 0 aliphatic heterocycles. The van der Waals surface area contributed by atoms with Crippen molar-refractivity contribution >= 4 is 17.3 Å². The number of amides is 1. The summed E-state index contributed by atoms with van der Waals surface area (Å²) in [5.74, 6) is -0.877. The Hall–Kier alpha value is -2.96. The Morgan fingerprint density at radius 3 is 2.61 bits per heavy atom. The highest BCUT2D eigenvalue weighted by Gasteiger charge is 2.20. The first-order valence-electron chi connectivity index (χ1n) is 6.97. The second-order valence-electron chi connectivity index (χ2n) is 4.74. The van der Waals surface area contributed by atoms with Crippen molar-refractivity contribution in [2.24, 2.45) is 0 Å². The Kier molecular flexibility index (Phi) is 5.24. The first-order valence-corrected chi connectivity index (χ1v) is 6.97. The predicted octanol–water partition coefficient (Wildman–Crippen LogP) is 3.53. The lowest BCUT2D eigenvalue weighted by atomic mass is 10.2. The molecule has 120 valence electrons. The maximum absolute atomic E-state index is 13.3. The minimum absolute atomic E-state index is 0.137. The number of nitro groups is 1. The van der Waals surface area contributed by atoms with E-state index in [1.54, 1.807) is 31.2 Å². The molecule has 0 aliphatic carbocycles. The van der Waals surface area contributed by atoms with Crippen LogP contribution in [0.3, 0.4) is 0 Å². The minimum Gasteiger partial charge on any atom is -0.481 e. The van der Waals surface area contributed by atoms with Crippen molar-refractivity contribution in [3.63, 3.8) is 0 Å². The molecule has 6 nitrogen and oxygen atoms in total. The molecule has 1 N–H and O–H groups in total. The summed E-state index contributed by atoms with van der Waals surface area (Å²) in [6.45, 7) is 1.78. The predicted molar refractivity (Wildman–Crippen MR) is 82.8 cm³/mol. The van der Waals surface area contributed by atoms with Gasteiger partial charge >= 0.3 is 5.69 Å². The number of anilines is 1. The highest BCUT2D eigenvalue weighted by atomic mass is 19.1. The highest BCUT2D eigenvalue weighted by molar-refractivity contribution is 5.94. The van der Waals surface area contributed by atoms with Crippen molar-refractivity contribution < 1.29 is 18.8 Å². The molecule has 1 amide bonds. The van der Waals surface area contributed by atoms with E-state index in [1.165, 1.54) is 6.07 Å². The van der Waals surface area contributed by atoms with E-state index in [0.717, 1.165) is 12.1 Å². The van der Waals surface area contributed by atoms with Crippen LogP contribution in [0.15, 0.2) is 48.5 Å². The molecule has 0 spiro atoms. The third-order valence-electron chi connectivity index (χ3n) is 3.10. The van der Waals surface area contributed by atoms with Crippen LogP contribution in [-0.2, 0) is 4.79 Å². The number of para-hydroxylation sites is 1. The Balaban J connectivity index is 2.10. The van der Waals surface area contributed by atoms with E-state index in [2.05, 4.69) is 5.32 Å². The molecule has 2 aromatic rings.